The van der Waals surface area contributed by atoms with Crippen molar-refractivity contribution in [2.45, 2.75) is 63.1 Å². The normalized spacial score (nSPS) is 19.8. The van der Waals surface area contributed by atoms with Crippen LogP contribution < -0.4 is 16.0 Å². The Bertz CT molecular complexity index is 1310. The molecule has 2 saturated heterocycles. The number of aromatic nitrogens is 3. The van der Waals surface area contributed by atoms with Crippen LogP contribution in [0.15, 0.2) is 30.5 Å². The Balaban J connectivity index is 1.32. The third-order valence-electron chi connectivity index (χ3n) is 7.76. The SMILES string of the molecule is Cc1cc(-c2cnn3c(NCC4(O)CCOCC4)cc(NC4CCOCC4)nc23)ccc1C(=O)NC1CC1. The van der Waals surface area contributed by atoms with Gasteiger partial charge in [-0.25, -0.2) is 4.98 Å². The van der Waals surface area contributed by atoms with Crippen LogP contribution >= 0.6 is 0 Å². The van der Waals surface area contributed by atoms with E-state index >= 15 is 0 Å². The summed E-state index contributed by atoms with van der Waals surface area (Å²) in [5.74, 6) is 1.49. The molecule has 1 amide bonds. The lowest BCUT2D eigenvalue weighted by Gasteiger charge is -2.32. The van der Waals surface area contributed by atoms with Crippen molar-refractivity contribution in [1.82, 2.24) is 19.9 Å². The molecule has 4 heterocycles. The third-order valence-corrected chi connectivity index (χ3v) is 7.76. The van der Waals surface area contributed by atoms with Crippen molar-refractivity contribution >= 4 is 23.2 Å². The molecule has 202 valence electrons. The van der Waals surface area contributed by atoms with Crippen LogP contribution in [0.25, 0.3) is 16.8 Å². The van der Waals surface area contributed by atoms with Gasteiger partial charge >= 0.3 is 0 Å². The number of hydrogen-bond acceptors (Lipinski definition) is 8. The lowest BCUT2D eigenvalue weighted by Crippen LogP contribution is -2.42. The maximum atomic E-state index is 12.6. The summed E-state index contributed by atoms with van der Waals surface area (Å²) in [6, 6.07) is 8.43. The number of hydrogen-bond donors (Lipinski definition) is 4. The number of nitrogens with zero attached hydrogens (tertiary/aromatic N) is 3. The third kappa shape index (κ3) is 5.48. The standard InChI is InChI=1S/C28H36N6O4/c1-18-14-19(2-5-22(18)27(35)32-20-3-4-20)23-16-30-34-25(29-17-28(36)8-12-38-13-9-28)15-24(33-26(23)34)31-21-6-10-37-11-7-21/h2,5,14-16,20-21,29,36H,3-4,6-13,17H2,1H3,(H,31,33)(H,32,35). The van der Waals surface area contributed by atoms with Gasteiger partial charge in [-0.3, -0.25) is 4.79 Å². The Morgan fingerprint density at radius 1 is 1.08 bits per heavy atom. The number of fused-ring (bicyclic) bond motifs is 1. The molecular formula is C28H36N6O4. The van der Waals surface area contributed by atoms with Gasteiger partial charge in [0.25, 0.3) is 5.91 Å². The number of aliphatic hydroxyl groups is 1. The number of aryl methyl sites for hydroxylation is 1. The van der Waals surface area contributed by atoms with Crippen LogP contribution in [-0.2, 0) is 9.47 Å². The summed E-state index contributed by atoms with van der Waals surface area (Å²) in [5.41, 5.74) is 3.32. The van der Waals surface area contributed by atoms with E-state index < -0.39 is 5.60 Å². The maximum Gasteiger partial charge on any atom is 0.251 e. The quantitative estimate of drug-likeness (QED) is 0.357. The zero-order chi connectivity index (χ0) is 26.1. The van der Waals surface area contributed by atoms with E-state index in [1.807, 2.05) is 37.4 Å². The monoisotopic (exact) mass is 520 g/mol. The van der Waals surface area contributed by atoms with Crippen molar-refractivity contribution in [2.24, 2.45) is 0 Å². The van der Waals surface area contributed by atoms with Gasteiger partial charge in [0.1, 0.15) is 11.6 Å². The molecule has 10 nitrogen and oxygen atoms in total. The summed E-state index contributed by atoms with van der Waals surface area (Å²) >= 11 is 0. The lowest BCUT2D eigenvalue weighted by atomic mass is 9.94. The van der Waals surface area contributed by atoms with Gasteiger partial charge in [0.2, 0.25) is 0 Å². The molecule has 6 rings (SSSR count). The molecule has 2 aliphatic heterocycles. The highest BCUT2D eigenvalue weighted by Gasteiger charge is 2.30. The Morgan fingerprint density at radius 3 is 2.58 bits per heavy atom. The van der Waals surface area contributed by atoms with Crippen LogP contribution in [-0.4, -0.2) is 76.3 Å². The van der Waals surface area contributed by atoms with E-state index in [1.165, 1.54) is 0 Å². The number of anilines is 2. The van der Waals surface area contributed by atoms with Gasteiger partial charge in [-0.1, -0.05) is 12.1 Å². The zero-order valence-electron chi connectivity index (χ0n) is 21.8. The molecule has 1 aliphatic carbocycles. The van der Waals surface area contributed by atoms with Crippen molar-refractivity contribution in [3.63, 3.8) is 0 Å². The predicted molar refractivity (Wildman–Crippen MR) is 145 cm³/mol. The number of carbonyl (C=O) groups is 1. The Kier molecular flexibility index (Phi) is 6.94. The minimum atomic E-state index is -0.827. The largest absolute Gasteiger partial charge is 0.388 e. The molecule has 38 heavy (non-hydrogen) atoms. The second-order valence-corrected chi connectivity index (χ2v) is 10.8. The van der Waals surface area contributed by atoms with Gasteiger partial charge in [-0.05, 0) is 49.8 Å². The first-order valence-corrected chi connectivity index (χ1v) is 13.7. The molecule has 0 bridgehead atoms. The second kappa shape index (κ2) is 10.5. The molecule has 3 aromatic rings. The van der Waals surface area contributed by atoms with E-state index in [9.17, 15) is 9.90 Å². The summed E-state index contributed by atoms with van der Waals surface area (Å²) in [5, 5.41) is 25.8. The van der Waals surface area contributed by atoms with Gasteiger partial charge < -0.3 is 30.5 Å². The molecule has 3 aliphatic rings. The van der Waals surface area contributed by atoms with Gasteiger partial charge in [-0.15, -0.1) is 0 Å². The maximum absolute atomic E-state index is 12.6. The summed E-state index contributed by atoms with van der Waals surface area (Å²) < 4.78 is 12.7. The highest BCUT2D eigenvalue weighted by molar-refractivity contribution is 5.97. The fourth-order valence-corrected chi connectivity index (χ4v) is 5.18. The minimum Gasteiger partial charge on any atom is -0.388 e. The topological polar surface area (TPSA) is 122 Å². The van der Waals surface area contributed by atoms with E-state index in [2.05, 4.69) is 21.0 Å². The first-order chi connectivity index (χ1) is 18.5. The average Bonchev–Trinajstić information content (AvgIpc) is 3.63. The predicted octanol–water partition coefficient (Wildman–Crippen LogP) is 3.14. The van der Waals surface area contributed by atoms with E-state index in [1.54, 1.807) is 4.52 Å². The van der Waals surface area contributed by atoms with Crippen molar-refractivity contribution in [3.8, 4) is 11.1 Å². The van der Waals surface area contributed by atoms with Crippen molar-refractivity contribution < 1.29 is 19.4 Å². The number of rotatable bonds is 8. The highest BCUT2D eigenvalue weighted by Crippen LogP contribution is 2.30. The smallest absolute Gasteiger partial charge is 0.251 e. The number of amides is 1. The molecule has 0 unspecified atom stereocenters. The highest BCUT2D eigenvalue weighted by atomic mass is 16.5. The zero-order valence-corrected chi connectivity index (χ0v) is 21.8. The molecule has 1 aromatic carbocycles. The molecule has 10 heteroatoms. The van der Waals surface area contributed by atoms with E-state index in [0.29, 0.717) is 49.9 Å². The van der Waals surface area contributed by atoms with Gasteiger partial charge in [-0.2, -0.15) is 9.61 Å². The van der Waals surface area contributed by atoms with Crippen molar-refractivity contribution in [2.75, 3.05) is 43.6 Å². The van der Waals surface area contributed by atoms with Crippen LogP contribution in [0, 0.1) is 6.92 Å². The molecule has 0 spiro atoms. The van der Waals surface area contributed by atoms with Crippen molar-refractivity contribution in [1.29, 1.82) is 0 Å². The van der Waals surface area contributed by atoms with E-state index in [-0.39, 0.29) is 11.9 Å². The van der Waals surface area contributed by atoms with Gasteiger partial charge in [0.15, 0.2) is 5.65 Å². The molecule has 0 atom stereocenters. The molecule has 3 fully saturated rings. The summed E-state index contributed by atoms with van der Waals surface area (Å²) in [6.45, 7) is 4.94. The van der Waals surface area contributed by atoms with Gasteiger partial charge in [0, 0.05) is 75.1 Å². The average molecular weight is 521 g/mol. The van der Waals surface area contributed by atoms with Crippen LogP contribution in [0.2, 0.25) is 0 Å². The number of benzene rings is 1. The van der Waals surface area contributed by atoms with Crippen LogP contribution in [0.5, 0.6) is 0 Å². The summed E-state index contributed by atoms with van der Waals surface area (Å²) in [6.07, 6.45) is 6.95. The Hall–Kier alpha value is -3.21. The lowest BCUT2D eigenvalue weighted by molar-refractivity contribution is -0.0544. The Morgan fingerprint density at radius 2 is 1.84 bits per heavy atom. The Labute approximate surface area is 222 Å². The molecule has 1 saturated carbocycles. The molecule has 4 N–H and O–H groups in total. The first kappa shape index (κ1) is 25.1. The fourth-order valence-electron chi connectivity index (χ4n) is 5.18. The van der Waals surface area contributed by atoms with Gasteiger partial charge in [0.05, 0.1) is 11.8 Å². The molecular weight excluding hydrogens is 484 g/mol. The van der Waals surface area contributed by atoms with Crippen LogP contribution in [0.3, 0.4) is 0 Å². The minimum absolute atomic E-state index is 0.0185. The first-order valence-electron chi connectivity index (χ1n) is 13.7. The molecule has 0 radical (unpaired) electrons. The van der Waals surface area contributed by atoms with Crippen LogP contribution in [0.4, 0.5) is 11.6 Å². The van der Waals surface area contributed by atoms with Crippen LogP contribution in [0.1, 0.15) is 54.4 Å². The summed E-state index contributed by atoms with van der Waals surface area (Å²) in [4.78, 5) is 17.6. The number of ether oxygens (including phenoxy) is 2. The van der Waals surface area contributed by atoms with E-state index in [0.717, 1.165) is 67.2 Å². The summed E-state index contributed by atoms with van der Waals surface area (Å²) in [7, 11) is 0. The second-order valence-electron chi connectivity index (χ2n) is 10.8. The van der Waals surface area contributed by atoms with Crippen molar-refractivity contribution in [3.05, 3.63) is 41.6 Å². The number of carbonyl (C=O) groups excluding carboxylic acids is 1. The molecule has 2 aromatic heterocycles. The number of nitrogens with one attached hydrogen (secondary N) is 3. The van der Waals surface area contributed by atoms with E-state index in [4.69, 9.17) is 14.5 Å². The fraction of sp³-hybridized carbons (Fsp3) is 0.536.